The highest BCUT2D eigenvalue weighted by atomic mass is 16.3. The van der Waals surface area contributed by atoms with Crippen molar-refractivity contribution in [3.63, 3.8) is 0 Å². The third-order valence-electron chi connectivity index (χ3n) is 2.90. The number of carbonyl (C=O) groups excluding carboxylic acids is 1. The zero-order valence-corrected chi connectivity index (χ0v) is 10.5. The van der Waals surface area contributed by atoms with E-state index in [0.717, 1.165) is 10.8 Å². The molecule has 0 aliphatic carbocycles. The second-order valence-corrected chi connectivity index (χ2v) is 4.12. The SMILES string of the molecule is O=C(c1nccc2ccccc12)N(CCO)CCO. The highest BCUT2D eigenvalue weighted by Crippen LogP contribution is 2.17. The van der Waals surface area contributed by atoms with E-state index >= 15 is 0 Å². The van der Waals surface area contributed by atoms with Gasteiger partial charge in [-0.1, -0.05) is 24.3 Å². The van der Waals surface area contributed by atoms with Gasteiger partial charge in [0.1, 0.15) is 5.69 Å². The summed E-state index contributed by atoms with van der Waals surface area (Å²) >= 11 is 0. The fourth-order valence-electron chi connectivity index (χ4n) is 2.00. The van der Waals surface area contributed by atoms with Crippen LogP contribution in [0.2, 0.25) is 0 Å². The Kier molecular flexibility index (Phi) is 4.43. The molecule has 2 rings (SSSR count). The largest absolute Gasteiger partial charge is 0.395 e. The molecule has 0 aliphatic heterocycles. The van der Waals surface area contributed by atoms with Crippen LogP contribution in [0.3, 0.4) is 0 Å². The minimum absolute atomic E-state index is 0.142. The number of carbonyl (C=O) groups is 1. The summed E-state index contributed by atoms with van der Waals surface area (Å²) in [5.74, 6) is -0.278. The number of hydrogen-bond donors (Lipinski definition) is 2. The number of aromatic nitrogens is 1. The maximum Gasteiger partial charge on any atom is 0.273 e. The lowest BCUT2D eigenvalue weighted by atomic mass is 10.1. The predicted octanol–water partition coefficient (Wildman–Crippen LogP) is 0.662. The predicted molar refractivity (Wildman–Crippen MR) is 71.8 cm³/mol. The van der Waals surface area contributed by atoms with Crippen molar-refractivity contribution < 1.29 is 15.0 Å². The number of nitrogens with zero attached hydrogens (tertiary/aromatic N) is 2. The molecule has 0 radical (unpaired) electrons. The fraction of sp³-hybridized carbons (Fsp3) is 0.286. The van der Waals surface area contributed by atoms with E-state index in [1.165, 1.54) is 4.90 Å². The second kappa shape index (κ2) is 6.26. The van der Waals surface area contributed by atoms with Crippen LogP contribution in [0, 0.1) is 0 Å². The molecule has 2 N–H and O–H groups in total. The van der Waals surface area contributed by atoms with Gasteiger partial charge in [0.15, 0.2) is 0 Å². The molecule has 1 amide bonds. The van der Waals surface area contributed by atoms with E-state index in [1.54, 1.807) is 6.20 Å². The molecular weight excluding hydrogens is 244 g/mol. The maximum absolute atomic E-state index is 12.4. The Morgan fingerprint density at radius 3 is 2.47 bits per heavy atom. The minimum Gasteiger partial charge on any atom is -0.395 e. The summed E-state index contributed by atoms with van der Waals surface area (Å²) in [6.45, 7) is 0.0849. The van der Waals surface area contributed by atoms with E-state index in [2.05, 4.69) is 4.98 Å². The van der Waals surface area contributed by atoms with Gasteiger partial charge in [0.25, 0.3) is 5.91 Å². The van der Waals surface area contributed by atoms with Gasteiger partial charge < -0.3 is 15.1 Å². The van der Waals surface area contributed by atoms with Gasteiger partial charge in [0.2, 0.25) is 0 Å². The first kappa shape index (κ1) is 13.5. The smallest absolute Gasteiger partial charge is 0.273 e. The second-order valence-electron chi connectivity index (χ2n) is 4.12. The number of pyridine rings is 1. The Bertz CT molecular complexity index is 560. The zero-order chi connectivity index (χ0) is 13.7. The van der Waals surface area contributed by atoms with E-state index in [9.17, 15) is 4.79 Å². The molecule has 0 bridgehead atoms. The third-order valence-corrected chi connectivity index (χ3v) is 2.90. The molecule has 0 atom stereocenters. The van der Waals surface area contributed by atoms with Crippen LogP contribution in [0.4, 0.5) is 0 Å². The van der Waals surface area contributed by atoms with Gasteiger partial charge in [0.05, 0.1) is 13.2 Å². The number of aliphatic hydroxyl groups excluding tert-OH is 2. The Labute approximate surface area is 111 Å². The van der Waals surface area contributed by atoms with Crippen molar-refractivity contribution in [1.29, 1.82) is 0 Å². The van der Waals surface area contributed by atoms with Crippen molar-refractivity contribution in [2.45, 2.75) is 0 Å². The Hall–Kier alpha value is -1.98. The highest BCUT2D eigenvalue weighted by molar-refractivity contribution is 6.05. The molecule has 1 aromatic carbocycles. The van der Waals surface area contributed by atoms with Crippen LogP contribution in [0.25, 0.3) is 10.8 Å². The van der Waals surface area contributed by atoms with Crippen molar-refractivity contribution >= 4 is 16.7 Å². The lowest BCUT2D eigenvalue weighted by Crippen LogP contribution is -2.36. The lowest BCUT2D eigenvalue weighted by Gasteiger charge is -2.20. The topological polar surface area (TPSA) is 73.7 Å². The molecule has 19 heavy (non-hydrogen) atoms. The van der Waals surface area contributed by atoms with E-state index in [1.807, 2.05) is 30.3 Å². The summed E-state index contributed by atoms with van der Waals surface area (Å²) in [4.78, 5) is 17.9. The molecule has 5 heteroatoms. The van der Waals surface area contributed by atoms with E-state index < -0.39 is 0 Å². The molecule has 2 aromatic rings. The monoisotopic (exact) mass is 260 g/mol. The molecular formula is C14H16N2O3. The van der Waals surface area contributed by atoms with E-state index in [-0.39, 0.29) is 32.2 Å². The molecule has 0 saturated heterocycles. The third kappa shape index (κ3) is 2.89. The quantitative estimate of drug-likeness (QED) is 0.828. The molecule has 0 unspecified atom stereocenters. The molecule has 0 aliphatic rings. The van der Waals surface area contributed by atoms with Gasteiger partial charge in [-0.05, 0) is 11.5 Å². The molecule has 1 aromatic heterocycles. The summed E-state index contributed by atoms with van der Waals surface area (Å²) in [5, 5.41) is 19.7. The number of fused-ring (bicyclic) bond motifs is 1. The zero-order valence-electron chi connectivity index (χ0n) is 10.5. The van der Waals surface area contributed by atoms with Crippen molar-refractivity contribution in [2.24, 2.45) is 0 Å². The van der Waals surface area contributed by atoms with Crippen LogP contribution in [-0.2, 0) is 0 Å². The van der Waals surface area contributed by atoms with Crippen LogP contribution in [0.5, 0.6) is 0 Å². The minimum atomic E-state index is -0.278. The molecule has 1 heterocycles. The summed E-state index contributed by atoms with van der Waals surface area (Å²) < 4.78 is 0. The van der Waals surface area contributed by atoms with Crippen LogP contribution in [0.15, 0.2) is 36.5 Å². The summed E-state index contributed by atoms with van der Waals surface area (Å²) in [6, 6.07) is 9.34. The summed E-state index contributed by atoms with van der Waals surface area (Å²) in [6.07, 6.45) is 1.59. The Morgan fingerprint density at radius 1 is 1.11 bits per heavy atom. The van der Waals surface area contributed by atoms with Gasteiger partial charge in [-0.15, -0.1) is 0 Å². The van der Waals surface area contributed by atoms with Gasteiger partial charge in [0, 0.05) is 24.7 Å². The highest BCUT2D eigenvalue weighted by Gasteiger charge is 2.18. The normalized spacial score (nSPS) is 10.6. The molecule has 5 nitrogen and oxygen atoms in total. The van der Waals surface area contributed by atoms with Gasteiger partial charge >= 0.3 is 0 Å². The standard InChI is InChI=1S/C14H16N2O3/c17-9-7-16(8-10-18)14(19)13-12-4-2-1-3-11(12)5-6-15-13/h1-6,17-18H,7-10H2. The first-order chi connectivity index (χ1) is 9.27. The maximum atomic E-state index is 12.4. The Morgan fingerprint density at radius 2 is 1.79 bits per heavy atom. The van der Waals surface area contributed by atoms with Crippen LogP contribution in [0.1, 0.15) is 10.5 Å². The fourth-order valence-corrected chi connectivity index (χ4v) is 2.00. The van der Waals surface area contributed by atoms with Gasteiger partial charge in [-0.3, -0.25) is 9.78 Å². The summed E-state index contributed by atoms with van der Waals surface area (Å²) in [5.41, 5.74) is 0.347. The first-order valence-electron chi connectivity index (χ1n) is 6.12. The van der Waals surface area contributed by atoms with Crippen molar-refractivity contribution in [1.82, 2.24) is 9.88 Å². The van der Waals surface area contributed by atoms with Gasteiger partial charge in [-0.25, -0.2) is 0 Å². The Balaban J connectivity index is 2.39. The summed E-state index contributed by atoms with van der Waals surface area (Å²) in [7, 11) is 0. The molecule has 0 fully saturated rings. The number of aliphatic hydroxyl groups is 2. The number of hydrogen-bond acceptors (Lipinski definition) is 4. The van der Waals surface area contributed by atoms with Gasteiger partial charge in [-0.2, -0.15) is 0 Å². The lowest BCUT2D eigenvalue weighted by molar-refractivity contribution is 0.0681. The average molecular weight is 260 g/mol. The van der Waals surface area contributed by atoms with E-state index in [0.29, 0.717) is 5.69 Å². The number of rotatable bonds is 5. The molecule has 0 saturated carbocycles. The van der Waals surface area contributed by atoms with E-state index in [4.69, 9.17) is 10.2 Å². The van der Waals surface area contributed by atoms with Crippen LogP contribution in [-0.4, -0.2) is 52.3 Å². The van der Waals surface area contributed by atoms with Crippen LogP contribution < -0.4 is 0 Å². The number of amides is 1. The van der Waals surface area contributed by atoms with Crippen molar-refractivity contribution in [2.75, 3.05) is 26.3 Å². The first-order valence-corrected chi connectivity index (χ1v) is 6.12. The van der Waals surface area contributed by atoms with Crippen molar-refractivity contribution in [3.8, 4) is 0 Å². The van der Waals surface area contributed by atoms with Crippen LogP contribution >= 0.6 is 0 Å². The average Bonchev–Trinajstić information content (AvgIpc) is 2.46. The van der Waals surface area contributed by atoms with Crippen molar-refractivity contribution in [3.05, 3.63) is 42.2 Å². The molecule has 100 valence electrons. The molecule has 0 spiro atoms. The number of benzene rings is 1.